The quantitative estimate of drug-likeness (QED) is 0.309. The summed E-state index contributed by atoms with van der Waals surface area (Å²) in [5.74, 6) is -0.528. The Bertz CT molecular complexity index is 475. The van der Waals surface area contributed by atoms with E-state index in [-0.39, 0.29) is 12.4 Å². The van der Waals surface area contributed by atoms with E-state index >= 15 is 0 Å². The number of benzene rings is 1. The molecule has 0 bridgehead atoms. The molecule has 5 nitrogen and oxygen atoms in total. The molecule has 1 fully saturated rings. The molecule has 19 heavy (non-hydrogen) atoms. The number of nitrogens with two attached hydrogens (primary N) is 1. The second-order valence-corrected chi connectivity index (χ2v) is 4.76. The minimum atomic E-state index is -0.418. The molecule has 0 spiro atoms. The van der Waals surface area contributed by atoms with E-state index in [4.69, 9.17) is 16.0 Å². The number of aliphatic hydroxyl groups excluding tert-OH is 1. The third-order valence-corrected chi connectivity index (χ3v) is 3.20. The smallest absolute Gasteiger partial charge is 0.170 e. The predicted octanol–water partition coefficient (Wildman–Crippen LogP) is 0.877. The van der Waals surface area contributed by atoms with Crippen molar-refractivity contribution in [2.24, 2.45) is 10.9 Å². The largest absolute Gasteiger partial charge is 0.409 e. The number of hydrogen-bond acceptors (Lipinski definition) is 4. The molecule has 0 atom stereocenters. The molecule has 0 unspecified atom stereocenters. The van der Waals surface area contributed by atoms with E-state index in [0.29, 0.717) is 24.7 Å². The molecular weight excluding hydrogens is 249 g/mol. The lowest BCUT2D eigenvalue weighted by molar-refractivity contribution is 0.183. The first-order valence-corrected chi connectivity index (χ1v) is 6.26. The summed E-state index contributed by atoms with van der Waals surface area (Å²) in [6.45, 7) is 1.20. The van der Waals surface area contributed by atoms with Crippen LogP contribution in [0.1, 0.15) is 24.0 Å². The molecule has 0 heterocycles. The second-order valence-electron chi connectivity index (χ2n) is 4.76. The first-order valence-electron chi connectivity index (χ1n) is 6.26. The minimum absolute atomic E-state index is 0.0823. The number of oxime groups is 1. The van der Waals surface area contributed by atoms with Crippen molar-refractivity contribution in [1.82, 2.24) is 4.90 Å². The van der Waals surface area contributed by atoms with E-state index in [1.54, 1.807) is 6.07 Å². The van der Waals surface area contributed by atoms with E-state index in [1.165, 1.54) is 12.1 Å². The Morgan fingerprint density at radius 1 is 1.42 bits per heavy atom. The molecule has 1 aliphatic rings. The maximum atomic E-state index is 13.5. The van der Waals surface area contributed by atoms with Gasteiger partial charge in [0.05, 0.1) is 6.61 Å². The summed E-state index contributed by atoms with van der Waals surface area (Å²) < 4.78 is 13.5. The van der Waals surface area contributed by atoms with Gasteiger partial charge in [0, 0.05) is 24.7 Å². The molecule has 1 aromatic carbocycles. The molecule has 0 saturated heterocycles. The Labute approximate surface area is 111 Å². The van der Waals surface area contributed by atoms with Crippen molar-refractivity contribution in [1.29, 1.82) is 0 Å². The highest BCUT2D eigenvalue weighted by molar-refractivity contribution is 5.97. The van der Waals surface area contributed by atoms with Gasteiger partial charge in [-0.3, -0.25) is 4.90 Å². The maximum absolute atomic E-state index is 13.5. The summed E-state index contributed by atoms with van der Waals surface area (Å²) in [6.07, 6.45) is 2.23. The molecule has 0 radical (unpaired) electrons. The fraction of sp³-hybridized carbons (Fsp3) is 0.462. The van der Waals surface area contributed by atoms with Gasteiger partial charge in [-0.05, 0) is 36.6 Å². The zero-order chi connectivity index (χ0) is 13.8. The summed E-state index contributed by atoms with van der Waals surface area (Å²) in [5, 5.41) is 20.5. The first kappa shape index (κ1) is 13.8. The topological polar surface area (TPSA) is 82.1 Å². The van der Waals surface area contributed by atoms with Crippen LogP contribution in [-0.4, -0.2) is 40.2 Å². The Balaban J connectivity index is 2.16. The van der Waals surface area contributed by atoms with Crippen LogP contribution >= 0.6 is 0 Å². The number of rotatable bonds is 6. The lowest BCUT2D eigenvalue weighted by Gasteiger charge is -2.21. The molecule has 0 aromatic heterocycles. The van der Waals surface area contributed by atoms with Crippen LogP contribution in [0.25, 0.3) is 0 Å². The fourth-order valence-electron chi connectivity index (χ4n) is 2.14. The van der Waals surface area contributed by atoms with E-state index in [0.717, 1.165) is 18.4 Å². The highest BCUT2D eigenvalue weighted by Crippen LogP contribution is 2.28. The lowest BCUT2D eigenvalue weighted by Crippen LogP contribution is -2.28. The Morgan fingerprint density at radius 2 is 2.16 bits per heavy atom. The van der Waals surface area contributed by atoms with Crippen molar-refractivity contribution >= 4 is 5.84 Å². The van der Waals surface area contributed by atoms with E-state index in [2.05, 4.69) is 10.1 Å². The van der Waals surface area contributed by atoms with Crippen LogP contribution in [0.5, 0.6) is 0 Å². The molecule has 1 aromatic rings. The zero-order valence-electron chi connectivity index (χ0n) is 10.6. The lowest BCUT2D eigenvalue weighted by atomic mass is 10.1. The zero-order valence-corrected chi connectivity index (χ0v) is 10.6. The van der Waals surface area contributed by atoms with Gasteiger partial charge in [0.2, 0.25) is 0 Å². The second kappa shape index (κ2) is 5.99. The standard InChI is InChI=1S/C13H18FN3O2/c14-11-6-9(5-10(7-11)13(15)16-19)8-17(3-4-18)12-1-2-12/h5-7,12,18-19H,1-4,8H2,(H2,15,16). The molecule has 0 aliphatic heterocycles. The van der Waals surface area contributed by atoms with Gasteiger partial charge >= 0.3 is 0 Å². The molecule has 0 amide bonds. The summed E-state index contributed by atoms with van der Waals surface area (Å²) in [7, 11) is 0. The highest BCUT2D eigenvalue weighted by Gasteiger charge is 2.28. The molecule has 104 valence electrons. The van der Waals surface area contributed by atoms with Crippen molar-refractivity contribution < 1.29 is 14.7 Å². The number of aliphatic hydroxyl groups is 1. The van der Waals surface area contributed by atoms with E-state index < -0.39 is 5.82 Å². The van der Waals surface area contributed by atoms with Gasteiger partial charge in [0.25, 0.3) is 0 Å². The Morgan fingerprint density at radius 3 is 2.74 bits per heavy atom. The summed E-state index contributed by atoms with van der Waals surface area (Å²) in [4.78, 5) is 2.12. The molecule has 2 rings (SSSR count). The van der Waals surface area contributed by atoms with Crippen molar-refractivity contribution in [3.63, 3.8) is 0 Å². The SMILES string of the molecule is N/C(=N/O)c1cc(F)cc(CN(CCO)C2CC2)c1. The Kier molecular flexibility index (Phi) is 4.34. The summed E-state index contributed by atoms with van der Waals surface area (Å²) >= 11 is 0. The van der Waals surface area contributed by atoms with Crippen LogP contribution in [0.3, 0.4) is 0 Å². The number of hydrogen-bond donors (Lipinski definition) is 3. The monoisotopic (exact) mass is 267 g/mol. The third-order valence-electron chi connectivity index (χ3n) is 3.20. The van der Waals surface area contributed by atoms with Crippen LogP contribution in [0.15, 0.2) is 23.4 Å². The van der Waals surface area contributed by atoms with E-state index in [1.807, 2.05) is 0 Å². The van der Waals surface area contributed by atoms with Gasteiger partial charge in [-0.2, -0.15) is 0 Å². The predicted molar refractivity (Wildman–Crippen MR) is 69.4 cm³/mol. The maximum Gasteiger partial charge on any atom is 0.170 e. The summed E-state index contributed by atoms with van der Waals surface area (Å²) in [5.41, 5.74) is 6.58. The Hall–Kier alpha value is -1.66. The average molecular weight is 267 g/mol. The van der Waals surface area contributed by atoms with Gasteiger partial charge in [-0.15, -0.1) is 0 Å². The van der Waals surface area contributed by atoms with Gasteiger partial charge in [0.15, 0.2) is 5.84 Å². The third kappa shape index (κ3) is 3.65. The van der Waals surface area contributed by atoms with Crippen molar-refractivity contribution in [3.05, 3.63) is 35.1 Å². The van der Waals surface area contributed by atoms with Crippen LogP contribution in [-0.2, 0) is 6.54 Å². The van der Waals surface area contributed by atoms with Crippen LogP contribution in [0.2, 0.25) is 0 Å². The molecule has 4 N–H and O–H groups in total. The fourth-order valence-corrected chi connectivity index (χ4v) is 2.14. The van der Waals surface area contributed by atoms with E-state index in [9.17, 15) is 4.39 Å². The van der Waals surface area contributed by atoms with Crippen molar-refractivity contribution in [2.45, 2.75) is 25.4 Å². The van der Waals surface area contributed by atoms with Crippen molar-refractivity contribution in [3.8, 4) is 0 Å². The highest BCUT2D eigenvalue weighted by atomic mass is 19.1. The average Bonchev–Trinajstić information content (AvgIpc) is 3.21. The first-order chi connectivity index (χ1) is 9.13. The molecular formula is C13H18FN3O2. The van der Waals surface area contributed by atoms with Crippen LogP contribution < -0.4 is 5.73 Å². The van der Waals surface area contributed by atoms with Crippen LogP contribution in [0.4, 0.5) is 4.39 Å². The molecule has 1 saturated carbocycles. The number of nitrogens with zero attached hydrogens (tertiary/aromatic N) is 2. The van der Waals surface area contributed by atoms with Crippen molar-refractivity contribution in [2.75, 3.05) is 13.2 Å². The van der Waals surface area contributed by atoms with Gasteiger partial charge < -0.3 is 16.0 Å². The number of halogens is 1. The van der Waals surface area contributed by atoms with Gasteiger partial charge in [0.1, 0.15) is 5.82 Å². The minimum Gasteiger partial charge on any atom is -0.409 e. The molecule has 1 aliphatic carbocycles. The number of amidine groups is 1. The van der Waals surface area contributed by atoms with Crippen LogP contribution in [0, 0.1) is 5.82 Å². The normalized spacial score (nSPS) is 16.1. The van der Waals surface area contributed by atoms with Gasteiger partial charge in [-0.25, -0.2) is 4.39 Å². The summed E-state index contributed by atoms with van der Waals surface area (Å²) in [6, 6.07) is 4.83. The van der Waals surface area contributed by atoms with Gasteiger partial charge in [-0.1, -0.05) is 5.16 Å². The molecule has 6 heteroatoms.